The lowest BCUT2D eigenvalue weighted by atomic mass is 10.1. The molecule has 0 amide bonds. The Morgan fingerprint density at radius 3 is 2.73 bits per heavy atom. The van der Waals surface area contributed by atoms with Gasteiger partial charge >= 0.3 is 0 Å². The first-order valence-electron chi connectivity index (χ1n) is 9.31. The van der Waals surface area contributed by atoms with Crippen LogP contribution in [0.4, 0.5) is 10.1 Å². The zero-order valence-electron chi connectivity index (χ0n) is 16.8. The molecule has 1 heterocycles. The monoisotopic (exact) mass is 442 g/mol. The minimum Gasteiger partial charge on any atom is -0.442 e. The average molecular weight is 443 g/mol. The Labute approximate surface area is 184 Å². The van der Waals surface area contributed by atoms with Gasteiger partial charge in [-0.05, 0) is 55.3 Å². The Kier molecular flexibility index (Phi) is 7.03. The van der Waals surface area contributed by atoms with Gasteiger partial charge in [-0.2, -0.15) is 9.64 Å². The van der Waals surface area contributed by atoms with Gasteiger partial charge < -0.3 is 9.64 Å². The van der Waals surface area contributed by atoms with Crippen LogP contribution in [0.5, 0.6) is 10.8 Å². The fourth-order valence-corrected chi connectivity index (χ4v) is 3.71. The summed E-state index contributed by atoms with van der Waals surface area (Å²) < 4.78 is 23.4. The highest BCUT2D eigenvalue weighted by molar-refractivity contribution is 7.08. The minimum atomic E-state index is -0.352. The van der Waals surface area contributed by atoms with E-state index in [1.54, 1.807) is 30.6 Å². The van der Waals surface area contributed by atoms with Crippen LogP contribution in [0.25, 0.3) is 11.3 Å². The maximum atomic E-state index is 13.2. The second-order valence-electron chi connectivity index (χ2n) is 6.71. The molecule has 0 bridgehead atoms. The van der Waals surface area contributed by atoms with E-state index in [9.17, 15) is 9.65 Å². The Hall–Kier alpha value is -2.95. The zero-order valence-corrected chi connectivity index (χ0v) is 18.4. The maximum absolute atomic E-state index is 13.2. The van der Waals surface area contributed by atoms with E-state index < -0.39 is 0 Å². The van der Waals surface area contributed by atoms with E-state index in [0.717, 1.165) is 35.7 Å². The van der Waals surface area contributed by atoms with Gasteiger partial charge in [0.2, 0.25) is 5.06 Å². The van der Waals surface area contributed by atoms with Gasteiger partial charge in [0, 0.05) is 30.7 Å². The predicted molar refractivity (Wildman–Crippen MR) is 120 cm³/mol. The van der Waals surface area contributed by atoms with Crippen molar-refractivity contribution in [2.24, 2.45) is 4.99 Å². The van der Waals surface area contributed by atoms with Crippen molar-refractivity contribution in [1.82, 2.24) is 9.27 Å². The second-order valence-corrected chi connectivity index (χ2v) is 7.85. The molecule has 5 nitrogen and oxygen atoms in total. The molecule has 0 spiro atoms. The van der Waals surface area contributed by atoms with E-state index in [-0.39, 0.29) is 11.4 Å². The molecule has 154 valence electrons. The molecule has 3 aromatic rings. The van der Waals surface area contributed by atoms with Crippen molar-refractivity contribution >= 4 is 35.2 Å². The summed E-state index contributed by atoms with van der Waals surface area (Å²) in [7, 11) is 1.97. The summed E-state index contributed by atoms with van der Waals surface area (Å²) in [6.45, 7) is 4.93. The number of aliphatic imine (C=N–C) groups is 1. The van der Waals surface area contributed by atoms with E-state index in [1.165, 1.54) is 12.1 Å². The summed E-state index contributed by atoms with van der Waals surface area (Å²) in [5.41, 5.74) is 3.00. The van der Waals surface area contributed by atoms with Crippen molar-refractivity contribution in [2.75, 3.05) is 13.6 Å². The van der Waals surface area contributed by atoms with Crippen molar-refractivity contribution in [3.05, 3.63) is 58.4 Å². The first-order chi connectivity index (χ1) is 14.4. The summed E-state index contributed by atoms with van der Waals surface area (Å²) in [4.78, 5) is 6.49. The number of nitriles is 1. The van der Waals surface area contributed by atoms with Crippen LogP contribution in [0.2, 0.25) is 5.02 Å². The number of aryl methyl sites for hydroxylation is 1. The summed E-state index contributed by atoms with van der Waals surface area (Å²) in [6.07, 6.45) is 2.81. The number of benzene rings is 2. The zero-order chi connectivity index (χ0) is 21.7. The highest BCUT2D eigenvalue weighted by Crippen LogP contribution is 2.40. The molecule has 0 N–H and O–H groups in total. The maximum Gasteiger partial charge on any atom is 0.218 e. The van der Waals surface area contributed by atoms with E-state index in [4.69, 9.17) is 16.3 Å². The molecule has 8 heteroatoms. The van der Waals surface area contributed by atoms with E-state index >= 15 is 0 Å². The van der Waals surface area contributed by atoms with E-state index in [0.29, 0.717) is 27.1 Å². The molecule has 2 aromatic carbocycles. The third kappa shape index (κ3) is 4.96. The third-order valence-electron chi connectivity index (χ3n) is 4.31. The summed E-state index contributed by atoms with van der Waals surface area (Å²) in [5, 5.41) is 10.3. The van der Waals surface area contributed by atoms with Gasteiger partial charge in [0.15, 0.2) is 0 Å². The molecule has 0 radical (unpaired) electrons. The molecule has 0 atom stereocenters. The Morgan fingerprint density at radius 2 is 2.07 bits per heavy atom. The van der Waals surface area contributed by atoms with Gasteiger partial charge in [-0.1, -0.05) is 18.5 Å². The lowest BCUT2D eigenvalue weighted by Crippen LogP contribution is -2.16. The van der Waals surface area contributed by atoms with E-state index in [1.807, 2.05) is 18.9 Å². The number of ether oxygens (including phenoxy) is 1. The van der Waals surface area contributed by atoms with Crippen LogP contribution in [-0.2, 0) is 0 Å². The lowest BCUT2D eigenvalue weighted by Gasteiger charge is -2.12. The Morgan fingerprint density at radius 1 is 1.33 bits per heavy atom. The van der Waals surface area contributed by atoms with Crippen molar-refractivity contribution in [3.63, 3.8) is 0 Å². The summed E-state index contributed by atoms with van der Waals surface area (Å²) >= 11 is 7.46. The van der Waals surface area contributed by atoms with Gasteiger partial charge in [-0.3, -0.25) is 0 Å². The molecule has 0 aliphatic heterocycles. The Bertz CT molecular complexity index is 1110. The molecule has 0 fully saturated rings. The number of hydrogen-bond donors (Lipinski definition) is 0. The normalized spacial score (nSPS) is 10.9. The number of nitrogens with zero attached hydrogens (tertiary/aromatic N) is 4. The molecular weight excluding hydrogens is 423 g/mol. The van der Waals surface area contributed by atoms with Crippen molar-refractivity contribution in [3.8, 4) is 28.1 Å². The molecule has 30 heavy (non-hydrogen) atoms. The summed E-state index contributed by atoms with van der Waals surface area (Å²) in [5.74, 6) is 0.0655. The smallest absolute Gasteiger partial charge is 0.218 e. The molecule has 0 saturated carbocycles. The van der Waals surface area contributed by atoms with Gasteiger partial charge in [-0.25, -0.2) is 9.38 Å². The molecule has 0 aliphatic rings. The van der Waals surface area contributed by atoms with Crippen LogP contribution in [0, 0.1) is 24.1 Å². The topological polar surface area (TPSA) is 61.5 Å². The minimum absolute atomic E-state index is 0.281. The molecule has 0 saturated heterocycles. The van der Waals surface area contributed by atoms with Crippen LogP contribution in [-0.4, -0.2) is 29.2 Å². The van der Waals surface area contributed by atoms with Crippen LogP contribution < -0.4 is 4.74 Å². The number of halogens is 2. The Balaban J connectivity index is 1.87. The second kappa shape index (κ2) is 9.70. The van der Waals surface area contributed by atoms with Crippen molar-refractivity contribution in [2.45, 2.75) is 20.3 Å². The molecule has 3 rings (SSSR count). The lowest BCUT2D eigenvalue weighted by molar-refractivity contribution is 0.495. The average Bonchev–Trinajstić information content (AvgIpc) is 3.12. The highest BCUT2D eigenvalue weighted by Gasteiger charge is 2.19. The predicted octanol–water partition coefficient (Wildman–Crippen LogP) is 6.58. The van der Waals surface area contributed by atoms with Crippen molar-refractivity contribution < 1.29 is 9.13 Å². The quantitative estimate of drug-likeness (QED) is 0.306. The van der Waals surface area contributed by atoms with Gasteiger partial charge in [0.1, 0.15) is 28.9 Å². The van der Waals surface area contributed by atoms with Crippen molar-refractivity contribution in [1.29, 1.82) is 5.26 Å². The number of rotatable bonds is 7. The van der Waals surface area contributed by atoms with Crippen LogP contribution in [0.15, 0.2) is 41.4 Å². The van der Waals surface area contributed by atoms with Gasteiger partial charge in [-0.15, -0.1) is 0 Å². The third-order valence-corrected chi connectivity index (χ3v) is 5.34. The fraction of sp³-hybridized carbons (Fsp3) is 0.227. The molecule has 0 unspecified atom stereocenters. The first kappa shape index (κ1) is 21.8. The largest absolute Gasteiger partial charge is 0.442 e. The van der Waals surface area contributed by atoms with Gasteiger partial charge in [0.05, 0.1) is 17.0 Å². The fourth-order valence-electron chi connectivity index (χ4n) is 2.78. The van der Waals surface area contributed by atoms with Crippen LogP contribution >= 0.6 is 23.1 Å². The van der Waals surface area contributed by atoms with E-state index in [2.05, 4.69) is 22.4 Å². The van der Waals surface area contributed by atoms with Crippen LogP contribution in [0.3, 0.4) is 0 Å². The molecular formula is C22H20ClFN4OS. The SMILES string of the molecule is CCCN(C)/C=N\c1cc(Cl)c(Oc2snc(-c3ccc(F)cc3)c2C#N)cc1C. The van der Waals surface area contributed by atoms with Gasteiger partial charge in [0.25, 0.3) is 0 Å². The molecule has 1 aromatic heterocycles. The summed E-state index contributed by atoms with van der Waals surface area (Å²) in [6, 6.07) is 11.5. The molecule has 0 aliphatic carbocycles. The first-order valence-corrected chi connectivity index (χ1v) is 10.5. The highest BCUT2D eigenvalue weighted by atomic mass is 35.5. The number of hydrogen-bond acceptors (Lipinski definition) is 5. The van der Waals surface area contributed by atoms with Crippen LogP contribution in [0.1, 0.15) is 24.5 Å². The number of aromatic nitrogens is 1. The standard InChI is InChI=1S/C22H20ClFN4OS/c1-4-9-28(3)13-26-19-11-18(23)20(10-14(19)2)29-22-17(12-25)21(27-30-22)15-5-7-16(24)8-6-15/h5-8,10-11,13H,4,9H2,1-3H3/b26-13-.